The zero-order chi connectivity index (χ0) is 11.3. The molecule has 80 valence electrons. The summed E-state index contributed by atoms with van der Waals surface area (Å²) in [6.07, 6.45) is 0.369. The summed E-state index contributed by atoms with van der Waals surface area (Å²) in [6.45, 7) is 2.43. The lowest BCUT2D eigenvalue weighted by atomic mass is 10.2. The maximum Gasteiger partial charge on any atom is 0.101 e. The first-order valence-electron chi connectivity index (χ1n) is 4.85. The van der Waals surface area contributed by atoms with Crippen molar-refractivity contribution in [3.8, 4) is 6.07 Å². The highest BCUT2D eigenvalue weighted by molar-refractivity contribution is 5.62. The van der Waals surface area contributed by atoms with Gasteiger partial charge in [-0.15, -0.1) is 0 Å². The summed E-state index contributed by atoms with van der Waals surface area (Å²) < 4.78 is 0. The zero-order valence-electron chi connectivity index (χ0n) is 8.70. The molecule has 15 heavy (non-hydrogen) atoms. The van der Waals surface area contributed by atoms with Gasteiger partial charge in [-0.2, -0.15) is 5.26 Å². The van der Waals surface area contributed by atoms with Crippen LogP contribution in [-0.2, 0) is 0 Å². The Labute approximate surface area is 89.3 Å². The van der Waals surface area contributed by atoms with Crippen molar-refractivity contribution >= 4 is 11.4 Å². The van der Waals surface area contributed by atoms with E-state index in [9.17, 15) is 0 Å². The molecule has 0 radical (unpaired) electrons. The summed E-state index contributed by atoms with van der Waals surface area (Å²) in [7, 11) is 0. The number of hydrogen-bond donors (Lipinski definition) is 3. The molecule has 0 aliphatic carbocycles. The van der Waals surface area contributed by atoms with E-state index in [1.807, 2.05) is 6.07 Å². The van der Waals surface area contributed by atoms with E-state index in [1.165, 1.54) is 0 Å². The van der Waals surface area contributed by atoms with Gasteiger partial charge in [-0.05, 0) is 31.5 Å². The molecule has 4 heteroatoms. The lowest BCUT2D eigenvalue weighted by molar-refractivity contribution is 0.189. The predicted molar refractivity (Wildman–Crippen MR) is 60.4 cm³/mol. The minimum Gasteiger partial charge on any atom is -0.398 e. The quantitative estimate of drug-likeness (QED) is 0.647. The van der Waals surface area contributed by atoms with Gasteiger partial charge in [0.05, 0.1) is 17.4 Å². The highest BCUT2D eigenvalue weighted by atomic mass is 16.3. The van der Waals surface area contributed by atoms with E-state index in [4.69, 9.17) is 16.1 Å². The second kappa shape index (κ2) is 5.23. The third-order valence-electron chi connectivity index (χ3n) is 2.06. The number of aliphatic hydroxyl groups excluding tert-OH is 1. The molecule has 0 spiro atoms. The van der Waals surface area contributed by atoms with Crippen LogP contribution < -0.4 is 11.1 Å². The molecule has 1 aromatic carbocycles. The normalized spacial score (nSPS) is 11.8. The van der Waals surface area contributed by atoms with Crippen molar-refractivity contribution in [3.63, 3.8) is 0 Å². The van der Waals surface area contributed by atoms with Crippen molar-refractivity contribution < 1.29 is 5.11 Å². The summed E-state index contributed by atoms with van der Waals surface area (Å²) in [4.78, 5) is 0. The molecule has 4 N–H and O–H groups in total. The largest absolute Gasteiger partial charge is 0.398 e. The molecule has 0 aromatic heterocycles. The molecule has 4 nitrogen and oxygen atoms in total. The molecule has 0 saturated heterocycles. The number of nitrogens with one attached hydrogen (secondary N) is 1. The molecule has 1 unspecified atom stereocenters. The maximum atomic E-state index is 9.06. The monoisotopic (exact) mass is 205 g/mol. The molecule has 0 aliphatic heterocycles. The lowest BCUT2D eigenvalue weighted by Gasteiger charge is -2.08. The maximum absolute atomic E-state index is 9.06. The number of nitrogens with zero attached hydrogens (tertiary/aromatic N) is 1. The van der Waals surface area contributed by atoms with Crippen LogP contribution in [0.25, 0.3) is 0 Å². The van der Waals surface area contributed by atoms with Gasteiger partial charge in [0.2, 0.25) is 0 Å². The number of aliphatic hydroxyl groups is 1. The first-order valence-corrected chi connectivity index (χ1v) is 4.85. The Kier molecular flexibility index (Phi) is 3.95. The Hall–Kier alpha value is -1.73. The first kappa shape index (κ1) is 11.3. The number of anilines is 2. The van der Waals surface area contributed by atoms with Crippen LogP contribution >= 0.6 is 0 Å². The van der Waals surface area contributed by atoms with Crippen LogP contribution in [0, 0.1) is 11.3 Å². The van der Waals surface area contributed by atoms with Crippen LogP contribution in [0.3, 0.4) is 0 Å². The summed E-state index contributed by atoms with van der Waals surface area (Å²) >= 11 is 0. The van der Waals surface area contributed by atoms with Crippen LogP contribution in [0.4, 0.5) is 11.4 Å². The van der Waals surface area contributed by atoms with Crippen molar-refractivity contribution in [2.45, 2.75) is 19.4 Å². The van der Waals surface area contributed by atoms with Crippen LogP contribution in [0.2, 0.25) is 0 Å². The van der Waals surface area contributed by atoms with Gasteiger partial charge >= 0.3 is 0 Å². The highest BCUT2D eigenvalue weighted by Crippen LogP contribution is 2.16. The van der Waals surface area contributed by atoms with Crippen LogP contribution in [0.15, 0.2) is 18.2 Å². The standard InChI is InChI=1S/C11H15N3O/c1-8(15)4-5-14-10-3-2-9(7-12)11(13)6-10/h2-3,6,8,14-15H,4-5,13H2,1H3. The lowest BCUT2D eigenvalue weighted by Crippen LogP contribution is -2.09. The summed E-state index contributed by atoms with van der Waals surface area (Å²) in [5, 5.41) is 20.9. The fraction of sp³-hybridized carbons (Fsp3) is 0.364. The molecule has 0 aliphatic rings. The number of nitriles is 1. The molecule has 0 saturated carbocycles. The Bertz CT molecular complexity index is 369. The van der Waals surface area contributed by atoms with E-state index in [-0.39, 0.29) is 6.10 Å². The number of rotatable bonds is 4. The number of nitrogens with two attached hydrogens (primary N) is 1. The van der Waals surface area contributed by atoms with Gasteiger partial charge in [-0.3, -0.25) is 0 Å². The van der Waals surface area contributed by atoms with Crippen molar-refractivity contribution in [1.29, 1.82) is 5.26 Å². The highest BCUT2D eigenvalue weighted by Gasteiger charge is 2.00. The molecule has 1 atom stereocenters. The third-order valence-corrected chi connectivity index (χ3v) is 2.06. The average molecular weight is 205 g/mol. The van der Waals surface area contributed by atoms with Gasteiger partial charge < -0.3 is 16.2 Å². The van der Waals surface area contributed by atoms with Gasteiger partial charge in [0.25, 0.3) is 0 Å². The minimum atomic E-state index is -0.312. The van der Waals surface area contributed by atoms with Crippen LogP contribution in [0.1, 0.15) is 18.9 Å². The average Bonchev–Trinajstić information content (AvgIpc) is 2.17. The smallest absolute Gasteiger partial charge is 0.101 e. The summed E-state index contributed by atoms with van der Waals surface area (Å²) in [5.74, 6) is 0. The molecule has 1 aromatic rings. The van der Waals surface area contributed by atoms with Crippen LogP contribution in [0.5, 0.6) is 0 Å². The molecule has 0 bridgehead atoms. The van der Waals surface area contributed by atoms with E-state index in [2.05, 4.69) is 5.32 Å². The van der Waals surface area contributed by atoms with Gasteiger partial charge in [-0.25, -0.2) is 0 Å². The molecule has 0 heterocycles. The summed E-state index contributed by atoms with van der Waals surface area (Å²) in [5.41, 5.74) is 7.47. The van der Waals surface area contributed by atoms with E-state index < -0.39 is 0 Å². The first-order chi connectivity index (χ1) is 7.13. The molecular formula is C11H15N3O. The zero-order valence-corrected chi connectivity index (χ0v) is 8.70. The van der Waals surface area contributed by atoms with Gasteiger partial charge in [0.15, 0.2) is 0 Å². The second-order valence-corrected chi connectivity index (χ2v) is 3.48. The second-order valence-electron chi connectivity index (χ2n) is 3.48. The van der Waals surface area contributed by atoms with Crippen molar-refractivity contribution in [1.82, 2.24) is 0 Å². The Morgan fingerprint density at radius 1 is 1.60 bits per heavy atom. The topological polar surface area (TPSA) is 82.1 Å². The Morgan fingerprint density at radius 3 is 2.87 bits per heavy atom. The fourth-order valence-corrected chi connectivity index (χ4v) is 1.20. The minimum absolute atomic E-state index is 0.312. The van der Waals surface area contributed by atoms with Crippen molar-refractivity contribution in [2.75, 3.05) is 17.6 Å². The Morgan fingerprint density at radius 2 is 2.33 bits per heavy atom. The predicted octanol–water partition coefficient (Wildman–Crippen LogP) is 1.32. The van der Waals surface area contributed by atoms with Gasteiger partial charge in [0, 0.05) is 12.2 Å². The van der Waals surface area contributed by atoms with Gasteiger partial charge in [-0.1, -0.05) is 0 Å². The SMILES string of the molecule is CC(O)CCNc1ccc(C#N)c(N)c1. The van der Waals surface area contributed by atoms with E-state index in [1.54, 1.807) is 25.1 Å². The number of nitrogen functional groups attached to an aromatic ring is 1. The Balaban J connectivity index is 2.57. The third kappa shape index (κ3) is 3.49. The molecule has 0 amide bonds. The molecular weight excluding hydrogens is 190 g/mol. The fourth-order valence-electron chi connectivity index (χ4n) is 1.20. The molecule has 0 fully saturated rings. The summed E-state index contributed by atoms with van der Waals surface area (Å²) in [6, 6.07) is 7.21. The van der Waals surface area contributed by atoms with E-state index in [0.29, 0.717) is 24.2 Å². The molecule has 1 rings (SSSR count). The van der Waals surface area contributed by atoms with Crippen molar-refractivity contribution in [2.24, 2.45) is 0 Å². The van der Waals surface area contributed by atoms with E-state index in [0.717, 1.165) is 5.69 Å². The van der Waals surface area contributed by atoms with Crippen molar-refractivity contribution in [3.05, 3.63) is 23.8 Å². The van der Waals surface area contributed by atoms with Gasteiger partial charge in [0.1, 0.15) is 6.07 Å². The van der Waals surface area contributed by atoms with Crippen LogP contribution in [-0.4, -0.2) is 17.8 Å². The number of hydrogen-bond acceptors (Lipinski definition) is 4. The van der Waals surface area contributed by atoms with E-state index >= 15 is 0 Å². The number of benzene rings is 1.